The Labute approximate surface area is 140 Å². The van der Waals surface area contributed by atoms with E-state index in [0.29, 0.717) is 5.92 Å². The minimum absolute atomic E-state index is 0.228. The average molecular weight is 318 g/mol. The smallest absolute Gasteiger partial charge is 0.162 e. The number of allylic oxidation sites excluding steroid dienone is 5. The van der Waals surface area contributed by atoms with Gasteiger partial charge in [0.25, 0.3) is 0 Å². The Morgan fingerprint density at radius 2 is 2.00 bits per heavy atom. The molecular weight excluding hydrogens is 288 g/mol. The highest BCUT2D eigenvalue weighted by Gasteiger charge is 2.46. The molecule has 0 radical (unpaired) electrons. The molecule has 1 N–H and O–H groups in total. The second-order valence-corrected chi connectivity index (χ2v) is 7.70. The van der Waals surface area contributed by atoms with Crippen LogP contribution >= 0.6 is 0 Å². The van der Waals surface area contributed by atoms with Gasteiger partial charge in [-0.2, -0.15) is 0 Å². The molecule has 0 bridgehead atoms. The van der Waals surface area contributed by atoms with Gasteiger partial charge in [-0.15, -0.1) is 0 Å². The lowest BCUT2D eigenvalue weighted by Crippen LogP contribution is -2.31. The molecule has 3 nitrogen and oxygen atoms in total. The molecule has 0 heterocycles. The topological polar surface area (TPSA) is 46.5 Å². The summed E-state index contributed by atoms with van der Waals surface area (Å²) in [4.78, 5) is 17.4. The predicted molar refractivity (Wildman–Crippen MR) is 93.0 cm³/mol. The van der Waals surface area contributed by atoms with Crippen LogP contribution in [0.15, 0.2) is 34.9 Å². The summed E-state index contributed by atoms with van der Waals surface area (Å²) in [5.41, 5.74) is 3.21. The normalized spacial score (nSPS) is 37.3. The van der Waals surface area contributed by atoms with Crippen LogP contribution < -0.4 is 0 Å². The van der Waals surface area contributed by atoms with Gasteiger partial charge < -0.3 is 0 Å². The highest BCUT2D eigenvalue weighted by molar-refractivity contribution is 5.98. The number of ketones is 1. The molecule has 0 aromatic carbocycles. The van der Waals surface area contributed by atoms with Gasteiger partial charge in [-0.05, 0) is 63.0 Å². The van der Waals surface area contributed by atoms with Crippen molar-refractivity contribution in [1.82, 2.24) is 0 Å². The first kappa shape index (κ1) is 18.2. The number of carbonyl (C=O) groups excluding carboxylic acids is 1. The van der Waals surface area contributed by atoms with Gasteiger partial charge in [-0.3, -0.25) is 10.1 Å². The maximum atomic E-state index is 12.7. The van der Waals surface area contributed by atoms with Crippen LogP contribution in [0.3, 0.4) is 0 Å². The van der Waals surface area contributed by atoms with Gasteiger partial charge in [0.15, 0.2) is 5.78 Å². The summed E-state index contributed by atoms with van der Waals surface area (Å²) in [5, 5.41) is 9.19. The summed E-state index contributed by atoms with van der Waals surface area (Å²) in [7, 11) is 0. The van der Waals surface area contributed by atoms with E-state index in [-0.39, 0.29) is 23.2 Å². The highest BCUT2D eigenvalue weighted by Crippen LogP contribution is 2.48. The Kier molecular flexibility index (Phi) is 5.64. The molecule has 0 aromatic rings. The third kappa shape index (κ3) is 3.67. The standard InChI is InChI=1S/C20H30O3/c1-13(2)16-12-19(21)20(5)11-10-14(3)6-9-18(23-22)15(4)7-8-17(16)20/h7,10,12-13,17-18,22H,6,8-9,11H2,1-5H3/b14-10-,15-7+/t17-,18+,20+/m1/s1. The SMILES string of the molecule is C/C1=C/C[C@]2(C)C(=O)C=C(C(C)C)[C@H]2C/C=C(\C)[C@@H](OO)CC1. The van der Waals surface area contributed by atoms with Crippen LogP contribution in [0.1, 0.15) is 60.3 Å². The lowest BCUT2D eigenvalue weighted by atomic mass is 9.70. The zero-order valence-electron chi connectivity index (χ0n) is 15.1. The molecule has 0 aliphatic heterocycles. The first-order chi connectivity index (χ1) is 10.8. The van der Waals surface area contributed by atoms with Crippen LogP contribution in [0.25, 0.3) is 0 Å². The van der Waals surface area contributed by atoms with Crippen molar-refractivity contribution < 1.29 is 14.9 Å². The van der Waals surface area contributed by atoms with Crippen LogP contribution in [0.5, 0.6) is 0 Å². The third-order valence-electron chi connectivity index (χ3n) is 5.68. The van der Waals surface area contributed by atoms with E-state index in [1.165, 1.54) is 11.1 Å². The Morgan fingerprint density at radius 3 is 2.61 bits per heavy atom. The molecule has 0 spiro atoms. The van der Waals surface area contributed by atoms with Crippen molar-refractivity contribution in [2.24, 2.45) is 17.3 Å². The van der Waals surface area contributed by atoms with E-state index in [0.717, 1.165) is 31.3 Å². The van der Waals surface area contributed by atoms with Crippen LogP contribution in [0.2, 0.25) is 0 Å². The van der Waals surface area contributed by atoms with E-state index in [1.807, 2.05) is 13.0 Å². The van der Waals surface area contributed by atoms with Gasteiger partial charge in [0.1, 0.15) is 6.10 Å². The van der Waals surface area contributed by atoms with E-state index < -0.39 is 0 Å². The number of carbonyl (C=O) groups is 1. The highest BCUT2D eigenvalue weighted by atomic mass is 17.1. The molecule has 128 valence electrons. The molecule has 2 rings (SSSR count). The van der Waals surface area contributed by atoms with Crippen LogP contribution in [0, 0.1) is 17.3 Å². The summed E-state index contributed by atoms with van der Waals surface area (Å²) in [6, 6.07) is 0. The summed E-state index contributed by atoms with van der Waals surface area (Å²) >= 11 is 0. The van der Waals surface area contributed by atoms with Crippen molar-refractivity contribution >= 4 is 5.78 Å². The minimum Gasteiger partial charge on any atom is -0.294 e. The lowest BCUT2D eigenvalue weighted by molar-refractivity contribution is -0.269. The molecule has 0 saturated heterocycles. The Morgan fingerprint density at radius 1 is 1.30 bits per heavy atom. The molecule has 3 atom stereocenters. The van der Waals surface area contributed by atoms with Crippen molar-refractivity contribution in [3.8, 4) is 0 Å². The summed E-state index contributed by atoms with van der Waals surface area (Å²) in [6.07, 6.45) is 9.23. The first-order valence-corrected chi connectivity index (χ1v) is 8.68. The number of rotatable bonds is 2. The Hall–Kier alpha value is -1.19. The van der Waals surface area contributed by atoms with Gasteiger partial charge in [-0.1, -0.05) is 44.1 Å². The molecule has 3 heteroatoms. The van der Waals surface area contributed by atoms with Crippen LogP contribution in [-0.4, -0.2) is 17.1 Å². The molecule has 0 aromatic heterocycles. The quantitative estimate of drug-likeness (QED) is 0.438. The second-order valence-electron chi connectivity index (χ2n) is 7.70. The molecule has 0 saturated carbocycles. The van der Waals surface area contributed by atoms with Gasteiger partial charge in [0, 0.05) is 5.41 Å². The molecule has 0 unspecified atom stereocenters. The monoisotopic (exact) mass is 318 g/mol. The fraction of sp³-hybridized carbons (Fsp3) is 0.650. The van der Waals surface area contributed by atoms with Crippen LogP contribution in [0.4, 0.5) is 0 Å². The predicted octanol–water partition coefficient (Wildman–Crippen LogP) is 5.10. The number of hydrogen-bond acceptors (Lipinski definition) is 3. The van der Waals surface area contributed by atoms with Gasteiger partial charge in [0.05, 0.1) is 0 Å². The van der Waals surface area contributed by atoms with Gasteiger partial charge >= 0.3 is 0 Å². The largest absolute Gasteiger partial charge is 0.294 e. The fourth-order valence-electron chi connectivity index (χ4n) is 3.81. The van der Waals surface area contributed by atoms with Crippen molar-refractivity contribution in [1.29, 1.82) is 0 Å². The Balaban J connectivity index is 2.42. The molecule has 2 aliphatic carbocycles. The maximum absolute atomic E-state index is 12.7. The number of fused-ring (bicyclic) bond motifs is 1. The first-order valence-electron chi connectivity index (χ1n) is 8.68. The number of hydrogen-bond donors (Lipinski definition) is 1. The van der Waals surface area contributed by atoms with E-state index in [9.17, 15) is 10.1 Å². The van der Waals surface area contributed by atoms with E-state index in [4.69, 9.17) is 0 Å². The Bertz CT molecular complexity index is 553. The van der Waals surface area contributed by atoms with Crippen LogP contribution in [-0.2, 0) is 9.68 Å². The van der Waals surface area contributed by atoms with Crippen molar-refractivity contribution in [2.45, 2.75) is 66.4 Å². The molecule has 0 amide bonds. The van der Waals surface area contributed by atoms with Gasteiger partial charge in [0.2, 0.25) is 0 Å². The summed E-state index contributed by atoms with van der Waals surface area (Å²) < 4.78 is 0. The second kappa shape index (κ2) is 7.14. The zero-order chi connectivity index (χ0) is 17.2. The lowest BCUT2D eigenvalue weighted by Gasteiger charge is -2.32. The van der Waals surface area contributed by atoms with E-state index in [2.05, 4.69) is 44.7 Å². The summed E-state index contributed by atoms with van der Waals surface area (Å²) in [5.74, 6) is 0.863. The maximum Gasteiger partial charge on any atom is 0.162 e. The van der Waals surface area contributed by atoms with Gasteiger partial charge in [-0.25, -0.2) is 4.89 Å². The average Bonchev–Trinajstić information content (AvgIpc) is 2.74. The van der Waals surface area contributed by atoms with E-state index >= 15 is 0 Å². The molecule has 0 fully saturated rings. The zero-order valence-corrected chi connectivity index (χ0v) is 15.1. The molecular formula is C20H30O3. The minimum atomic E-state index is -0.350. The summed E-state index contributed by atoms with van der Waals surface area (Å²) in [6.45, 7) is 10.5. The third-order valence-corrected chi connectivity index (χ3v) is 5.68. The van der Waals surface area contributed by atoms with E-state index in [1.54, 1.807) is 0 Å². The molecule has 23 heavy (non-hydrogen) atoms. The van der Waals surface area contributed by atoms with Crippen molar-refractivity contribution in [2.75, 3.05) is 0 Å². The fourth-order valence-corrected chi connectivity index (χ4v) is 3.81. The van der Waals surface area contributed by atoms with Crippen molar-refractivity contribution in [3.05, 3.63) is 34.9 Å². The molecule has 2 aliphatic rings. The van der Waals surface area contributed by atoms with Crippen molar-refractivity contribution in [3.63, 3.8) is 0 Å².